The average Bonchev–Trinajstić information content (AvgIpc) is 2.01. The number of hydrogen-bond donors (Lipinski definition) is 2. The van der Waals surface area contributed by atoms with Gasteiger partial charge in [0.15, 0.2) is 0 Å². The van der Waals surface area contributed by atoms with E-state index in [1.807, 2.05) is 0 Å². The van der Waals surface area contributed by atoms with E-state index in [1.54, 1.807) is 0 Å². The van der Waals surface area contributed by atoms with Crippen LogP contribution in [-0.4, -0.2) is 47.3 Å². The second kappa shape index (κ2) is 3.77. The van der Waals surface area contributed by atoms with Crippen molar-refractivity contribution >= 4 is 0 Å². The zero-order chi connectivity index (χ0) is 11.0. The molecule has 1 saturated heterocycles. The van der Waals surface area contributed by atoms with E-state index in [9.17, 15) is 0 Å². The van der Waals surface area contributed by atoms with E-state index >= 15 is 0 Å². The molecule has 1 fully saturated rings. The lowest BCUT2D eigenvalue weighted by atomic mass is 10.1. The fourth-order valence-corrected chi connectivity index (χ4v) is 1.86. The summed E-state index contributed by atoms with van der Waals surface area (Å²) >= 11 is 0. The number of piperazine rings is 1. The maximum Gasteiger partial charge on any atom is 0.0630 e. The van der Waals surface area contributed by atoms with Gasteiger partial charge in [-0.1, -0.05) is 0 Å². The van der Waals surface area contributed by atoms with Crippen LogP contribution in [0.5, 0.6) is 0 Å². The molecule has 4 N–H and O–H groups in total. The lowest BCUT2D eigenvalue weighted by Gasteiger charge is -2.46. The third-order valence-corrected chi connectivity index (χ3v) is 2.91. The molecule has 14 heavy (non-hydrogen) atoms. The highest BCUT2D eigenvalue weighted by atomic mass is 15.4. The Labute approximate surface area is 87.2 Å². The standard InChI is InChI=1S/C10H24N4/c1-9(2,11)13-5-7-14(8-6-13)10(3,4)12/h5-8,11-12H2,1-4H3. The van der Waals surface area contributed by atoms with Crippen molar-refractivity contribution in [2.75, 3.05) is 26.2 Å². The highest BCUT2D eigenvalue weighted by Crippen LogP contribution is 2.15. The van der Waals surface area contributed by atoms with Gasteiger partial charge in [-0.15, -0.1) is 0 Å². The summed E-state index contributed by atoms with van der Waals surface area (Å²) in [6.07, 6.45) is 0. The van der Waals surface area contributed by atoms with Gasteiger partial charge in [0.25, 0.3) is 0 Å². The molecule has 1 aliphatic heterocycles. The molecule has 0 saturated carbocycles. The van der Waals surface area contributed by atoms with Crippen LogP contribution in [0.3, 0.4) is 0 Å². The maximum atomic E-state index is 6.04. The summed E-state index contributed by atoms with van der Waals surface area (Å²) in [6, 6.07) is 0. The van der Waals surface area contributed by atoms with E-state index in [2.05, 4.69) is 37.5 Å². The Hall–Kier alpha value is -0.160. The van der Waals surface area contributed by atoms with Crippen molar-refractivity contribution in [2.45, 2.75) is 39.0 Å². The lowest BCUT2D eigenvalue weighted by molar-refractivity contribution is 0.0128. The Kier molecular flexibility index (Phi) is 3.21. The summed E-state index contributed by atoms with van der Waals surface area (Å²) in [5.74, 6) is 0. The van der Waals surface area contributed by atoms with Gasteiger partial charge < -0.3 is 11.5 Å². The van der Waals surface area contributed by atoms with Gasteiger partial charge in [0.05, 0.1) is 11.3 Å². The van der Waals surface area contributed by atoms with Crippen molar-refractivity contribution in [3.05, 3.63) is 0 Å². The molecule has 0 spiro atoms. The molecule has 0 radical (unpaired) electrons. The van der Waals surface area contributed by atoms with Crippen LogP contribution in [0.15, 0.2) is 0 Å². The van der Waals surface area contributed by atoms with Crippen molar-refractivity contribution in [2.24, 2.45) is 11.5 Å². The Bertz CT molecular complexity index is 159. The van der Waals surface area contributed by atoms with Gasteiger partial charge in [-0.05, 0) is 27.7 Å². The SMILES string of the molecule is CC(C)(N)N1CCN(C(C)(C)N)CC1. The summed E-state index contributed by atoms with van der Waals surface area (Å²) in [7, 11) is 0. The molecule has 0 unspecified atom stereocenters. The van der Waals surface area contributed by atoms with Gasteiger partial charge in [0.1, 0.15) is 0 Å². The van der Waals surface area contributed by atoms with E-state index < -0.39 is 0 Å². The van der Waals surface area contributed by atoms with E-state index in [0.29, 0.717) is 0 Å². The second-order valence-electron chi connectivity index (χ2n) is 5.28. The molecule has 1 aliphatic rings. The van der Waals surface area contributed by atoms with Gasteiger partial charge in [0, 0.05) is 26.2 Å². The largest absolute Gasteiger partial charge is 0.314 e. The summed E-state index contributed by atoms with van der Waals surface area (Å²) in [5.41, 5.74) is 11.7. The molecular weight excluding hydrogens is 176 g/mol. The highest BCUT2D eigenvalue weighted by Gasteiger charge is 2.30. The third-order valence-electron chi connectivity index (χ3n) is 2.91. The van der Waals surface area contributed by atoms with Gasteiger partial charge in [-0.2, -0.15) is 0 Å². The molecular formula is C10H24N4. The molecule has 1 rings (SSSR count). The minimum Gasteiger partial charge on any atom is -0.314 e. The zero-order valence-electron chi connectivity index (χ0n) is 9.88. The van der Waals surface area contributed by atoms with Gasteiger partial charge in [-0.3, -0.25) is 9.80 Å². The van der Waals surface area contributed by atoms with Gasteiger partial charge in [0.2, 0.25) is 0 Å². The summed E-state index contributed by atoms with van der Waals surface area (Å²) in [5, 5.41) is 0. The van der Waals surface area contributed by atoms with Crippen molar-refractivity contribution in [1.82, 2.24) is 9.80 Å². The predicted molar refractivity (Wildman–Crippen MR) is 59.7 cm³/mol. The Morgan fingerprint density at radius 1 is 0.714 bits per heavy atom. The highest BCUT2D eigenvalue weighted by molar-refractivity contribution is 4.85. The molecule has 0 amide bonds. The summed E-state index contributed by atoms with van der Waals surface area (Å²) in [6.45, 7) is 12.2. The maximum absolute atomic E-state index is 6.04. The van der Waals surface area contributed by atoms with Crippen LogP contribution >= 0.6 is 0 Å². The molecule has 0 bridgehead atoms. The Morgan fingerprint density at radius 2 is 0.929 bits per heavy atom. The Morgan fingerprint density at radius 3 is 1.07 bits per heavy atom. The van der Waals surface area contributed by atoms with E-state index in [1.165, 1.54) is 0 Å². The lowest BCUT2D eigenvalue weighted by Crippen LogP contribution is -2.63. The number of nitrogens with two attached hydrogens (primary N) is 2. The second-order valence-corrected chi connectivity index (χ2v) is 5.28. The first-order chi connectivity index (χ1) is 6.21. The fraction of sp³-hybridized carbons (Fsp3) is 1.00. The molecule has 4 heteroatoms. The van der Waals surface area contributed by atoms with E-state index in [4.69, 9.17) is 11.5 Å². The van der Waals surface area contributed by atoms with Gasteiger partial charge >= 0.3 is 0 Å². The van der Waals surface area contributed by atoms with Gasteiger partial charge in [-0.25, -0.2) is 0 Å². The number of nitrogens with zero attached hydrogens (tertiary/aromatic N) is 2. The van der Waals surface area contributed by atoms with Crippen LogP contribution < -0.4 is 11.5 Å². The quantitative estimate of drug-likeness (QED) is 0.658. The van der Waals surface area contributed by atoms with E-state index in [-0.39, 0.29) is 11.3 Å². The fourth-order valence-electron chi connectivity index (χ4n) is 1.86. The van der Waals surface area contributed by atoms with Crippen molar-refractivity contribution in [1.29, 1.82) is 0 Å². The summed E-state index contributed by atoms with van der Waals surface area (Å²) in [4.78, 5) is 4.60. The zero-order valence-corrected chi connectivity index (χ0v) is 9.88. The first-order valence-electron chi connectivity index (χ1n) is 5.29. The smallest absolute Gasteiger partial charge is 0.0630 e. The minimum absolute atomic E-state index is 0.204. The molecule has 0 aliphatic carbocycles. The molecule has 0 aromatic heterocycles. The summed E-state index contributed by atoms with van der Waals surface area (Å²) < 4.78 is 0. The molecule has 0 atom stereocenters. The average molecular weight is 200 g/mol. The van der Waals surface area contributed by atoms with Crippen molar-refractivity contribution in [3.63, 3.8) is 0 Å². The normalized spacial score (nSPS) is 22.7. The van der Waals surface area contributed by atoms with Crippen LogP contribution in [-0.2, 0) is 0 Å². The van der Waals surface area contributed by atoms with E-state index in [0.717, 1.165) is 26.2 Å². The first kappa shape index (κ1) is 11.9. The topological polar surface area (TPSA) is 58.5 Å². The monoisotopic (exact) mass is 200 g/mol. The first-order valence-corrected chi connectivity index (χ1v) is 5.29. The van der Waals surface area contributed by atoms with Crippen molar-refractivity contribution < 1.29 is 0 Å². The van der Waals surface area contributed by atoms with Crippen LogP contribution in [0, 0.1) is 0 Å². The molecule has 0 aromatic rings. The van der Waals surface area contributed by atoms with Crippen LogP contribution in [0.2, 0.25) is 0 Å². The molecule has 1 heterocycles. The van der Waals surface area contributed by atoms with Crippen molar-refractivity contribution in [3.8, 4) is 0 Å². The predicted octanol–water partition coefficient (Wildman–Crippen LogP) is -0.00640. The Balaban J connectivity index is 2.47. The molecule has 84 valence electrons. The van der Waals surface area contributed by atoms with Crippen LogP contribution in [0.4, 0.5) is 0 Å². The van der Waals surface area contributed by atoms with Crippen LogP contribution in [0.25, 0.3) is 0 Å². The molecule has 0 aromatic carbocycles. The minimum atomic E-state index is -0.204. The van der Waals surface area contributed by atoms with Crippen LogP contribution in [0.1, 0.15) is 27.7 Å². The molecule has 4 nitrogen and oxygen atoms in total. The third kappa shape index (κ3) is 2.92. The number of hydrogen-bond acceptors (Lipinski definition) is 4. The number of rotatable bonds is 2.